The van der Waals surface area contributed by atoms with E-state index in [4.69, 9.17) is 4.74 Å². The number of sulfonamides is 1. The fourth-order valence-corrected chi connectivity index (χ4v) is 7.89. The monoisotopic (exact) mass is 645 g/mol. The Balaban J connectivity index is 1.52. The van der Waals surface area contributed by atoms with E-state index in [9.17, 15) is 18.3 Å². The number of rotatable bonds is 14. The van der Waals surface area contributed by atoms with Gasteiger partial charge in [-0.15, -0.1) is 0 Å². The van der Waals surface area contributed by atoms with Crippen molar-refractivity contribution in [3.05, 3.63) is 54.1 Å². The summed E-state index contributed by atoms with van der Waals surface area (Å²) < 4.78 is 35.6. The fraction of sp³-hybridized carbons (Fsp3) is 0.562. The number of nitrogens with zero attached hydrogens (tertiary/aromatic N) is 3. The molecule has 2 aromatic carbocycles. The number of aromatic nitrogens is 1. The number of fused-ring (bicyclic) bond motifs is 1. The zero-order valence-corrected chi connectivity index (χ0v) is 28.1. The Morgan fingerprint density at radius 3 is 2.48 bits per heavy atom. The van der Waals surface area contributed by atoms with E-state index in [1.807, 2.05) is 44.2 Å². The molecule has 10 nitrogen and oxygen atoms in total. The lowest BCUT2D eigenvalue weighted by Crippen LogP contribution is -2.51. The number of nitrogens with one attached hydrogen (secondary N) is 2. The highest BCUT2D eigenvalue weighted by molar-refractivity contribution is 7.89. The Morgan fingerprint density at radius 1 is 1.11 bits per heavy atom. The predicted octanol–water partition coefficient (Wildman–Crippen LogP) is 4.95. The lowest BCUT2D eigenvalue weighted by molar-refractivity contribution is 0.0400. The molecule has 12 heteroatoms. The van der Waals surface area contributed by atoms with Crippen LogP contribution in [0, 0.1) is 5.92 Å². The molecule has 0 aliphatic carbocycles. The SMILES string of the molecule is CC(C)CN(C[C@@H](O)[C@H](Cc1ccccc1)NC(=O)OC(C)(C)C)S(=O)(=O)c1ccc2nc(NCCN3CCCC3)sc2c1. The van der Waals surface area contributed by atoms with Gasteiger partial charge >= 0.3 is 6.09 Å². The molecule has 2 atom stereocenters. The van der Waals surface area contributed by atoms with Gasteiger partial charge in [-0.3, -0.25) is 0 Å². The van der Waals surface area contributed by atoms with Crippen LogP contribution in [0.3, 0.4) is 0 Å². The highest BCUT2D eigenvalue weighted by atomic mass is 32.2. The smallest absolute Gasteiger partial charge is 0.407 e. The minimum absolute atomic E-state index is 0.00177. The minimum Gasteiger partial charge on any atom is -0.444 e. The van der Waals surface area contributed by atoms with E-state index in [1.165, 1.54) is 28.5 Å². The number of ether oxygens (including phenoxy) is 1. The topological polar surface area (TPSA) is 124 Å². The third-order valence-corrected chi connectivity index (χ3v) is 10.1. The second kappa shape index (κ2) is 15.0. The Hall–Kier alpha value is -2.77. The summed E-state index contributed by atoms with van der Waals surface area (Å²) in [5.41, 5.74) is 0.904. The summed E-state index contributed by atoms with van der Waals surface area (Å²) in [7, 11) is -3.98. The predicted molar refractivity (Wildman–Crippen MR) is 177 cm³/mol. The van der Waals surface area contributed by atoms with Crippen molar-refractivity contribution in [1.82, 2.24) is 19.5 Å². The van der Waals surface area contributed by atoms with E-state index in [1.54, 1.807) is 39.0 Å². The van der Waals surface area contributed by atoms with E-state index in [0.717, 1.165) is 47.1 Å². The number of benzene rings is 2. The largest absolute Gasteiger partial charge is 0.444 e. The van der Waals surface area contributed by atoms with Crippen LogP contribution in [0.25, 0.3) is 10.2 Å². The van der Waals surface area contributed by atoms with E-state index >= 15 is 0 Å². The van der Waals surface area contributed by atoms with Crippen LogP contribution in [0.5, 0.6) is 0 Å². The molecule has 0 radical (unpaired) electrons. The number of thiazole rings is 1. The maximum atomic E-state index is 14.0. The minimum atomic E-state index is -3.98. The van der Waals surface area contributed by atoms with Crippen molar-refractivity contribution in [2.24, 2.45) is 5.92 Å². The first-order valence-corrected chi connectivity index (χ1v) is 17.6. The first kappa shape index (κ1) is 34.1. The van der Waals surface area contributed by atoms with E-state index < -0.39 is 33.9 Å². The number of hydrogen-bond acceptors (Lipinski definition) is 9. The molecule has 242 valence electrons. The molecule has 1 saturated heterocycles. The van der Waals surface area contributed by atoms with Gasteiger partial charge in [0.2, 0.25) is 10.0 Å². The van der Waals surface area contributed by atoms with E-state index in [-0.39, 0.29) is 23.9 Å². The van der Waals surface area contributed by atoms with Crippen LogP contribution in [0.15, 0.2) is 53.4 Å². The first-order chi connectivity index (χ1) is 20.8. The van der Waals surface area contributed by atoms with Crippen molar-refractivity contribution in [3.8, 4) is 0 Å². The van der Waals surface area contributed by atoms with Crippen LogP contribution in [0.2, 0.25) is 0 Å². The lowest BCUT2D eigenvalue weighted by Gasteiger charge is -2.31. The highest BCUT2D eigenvalue weighted by Crippen LogP contribution is 2.30. The molecule has 0 spiro atoms. The number of carbonyl (C=O) groups excluding carboxylic acids is 1. The molecule has 1 aliphatic rings. The average molecular weight is 646 g/mol. The molecule has 3 aromatic rings. The van der Waals surface area contributed by atoms with Crippen molar-refractivity contribution in [2.45, 2.75) is 76.5 Å². The molecule has 2 heterocycles. The molecule has 44 heavy (non-hydrogen) atoms. The van der Waals surface area contributed by atoms with Crippen LogP contribution in [-0.2, 0) is 21.2 Å². The average Bonchev–Trinajstić information content (AvgIpc) is 3.61. The molecule has 0 saturated carbocycles. The molecular weight excluding hydrogens is 599 g/mol. The van der Waals surface area contributed by atoms with Crippen LogP contribution in [0.1, 0.15) is 53.0 Å². The third-order valence-electron chi connectivity index (χ3n) is 7.33. The second-order valence-corrected chi connectivity index (χ2v) is 15.8. The van der Waals surface area contributed by atoms with Crippen molar-refractivity contribution in [2.75, 3.05) is 44.6 Å². The van der Waals surface area contributed by atoms with Crippen molar-refractivity contribution in [1.29, 1.82) is 0 Å². The van der Waals surface area contributed by atoms with Crippen molar-refractivity contribution >= 4 is 42.8 Å². The van der Waals surface area contributed by atoms with Gasteiger partial charge in [-0.2, -0.15) is 4.31 Å². The van der Waals surface area contributed by atoms with Crippen LogP contribution in [0.4, 0.5) is 9.93 Å². The van der Waals surface area contributed by atoms with Gasteiger partial charge in [0.1, 0.15) is 5.60 Å². The van der Waals surface area contributed by atoms with Gasteiger partial charge in [-0.25, -0.2) is 18.2 Å². The third kappa shape index (κ3) is 9.87. The number of alkyl carbamates (subject to hydrolysis) is 1. The number of aliphatic hydroxyl groups excluding tert-OH is 1. The number of aliphatic hydroxyl groups is 1. The maximum absolute atomic E-state index is 14.0. The van der Waals surface area contributed by atoms with Crippen LogP contribution < -0.4 is 10.6 Å². The molecule has 1 aromatic heterocycles. The Bertz CT molecular complexity index is 1470. The van der Waals surface area contributed by atoms with Gasteiger partial charge < -0.3 is 25.4 Å². The fourth-order valence-electron chi connectivity index (χ4n) is 5.24. The quantitative estimate of drug-likeness (QED) is 0.225. The molecule has 0 bridgehead atoms. The molecule has 1 fully saturated rings. The molecule has 1 aliphatic heterocycles. The molecule has 4 rings (SSSR count). The van der Waals surface area contributed by atoms with Gasteiger partial charge in [0, 0.05) is 26.2 Å². The first-order valence-electron chi connectivity index (χ1n) is 15.4. The van der Waals surface area contributed by atoms with Gasteiger partial charge in [-0.05, 0) is 82.8 Å². The highest BCUT2D eigenvalue weighted by Gasteiger charge is 2.32. The van der Waals surface area contributed by atoms with Crippen molar-refractivity contribution in [3.63, 3.8) is 0 Å². The number of carbonyl (C=O) groups is 1. The summed E-state index contributed by atoms with van der Waals surface area (Å²) in [6.45, 7) is 13.2. The Morgan fingerprint density at radius 2 is 1.82 bits per heavy atom. The Kier molecular flexibility index (Phi) is 11.6. The molecule has 0 unspecified atom stereocenters. The van der Waals surface area contributed by atoms with Gasteiger partial charge in [-0.1, -0.05) is 55.5 Å². The van der Waals surface area contributed by atoms with Crippen molar-refractivity contribution < 1.29 is 23.1 Å². The molecule has 3 N–H and O–H groups in total. The van der Waals surface area contributed by atoms with Gasteiger partial charge in [0.05, 0.1) is 27.3 Å². The van der Waals surface area contributed by atoms with Gasteiger partial charge in [0.15, 0.2) is 5.13 Å². The number of hydrogen-bond donors (Lipinski definition) is 3. The van der Waals surface area contributed by atoms with Crippen LogP contribution >= 0.6 is 11.3 Å². The summed E-state index contributed by atoms with van der Waals surface area (Å²) >= 11 is 1.43. The zero-order chi connectivity index (χ0) is 31.9. The molecular formula is C32H47N5O5S2. The zero-order valence-electron chi connectivity index (χ0n) is 26.5. The number of likely N-dealkylation sites (tertiary alicyclic amines) is 1. The summed E-state index contributed by atoms with van der Waals surface area (Å²) in [4.78, 5) is 19.9. The Labute approximate surface area is 265 Å². The number of amides is 1. The summed E-state index contributed by atoms with van der Waals surface area (Å²) in [6, 6.07) is 13.6. The summed E-state index contributed by atoms with van der Waals surface area (Å²) in [5.74, 6) is 0.00177. The summed E-state index contributed by atoms with van der Waals surface area (Å²) in [5, 5.41) is 18.4. The van der Waals surface area contributed by atoms with Gasteiger partial charge in [0.25, 0.3) is 0 Å². The summed E-state index contributed by atoms with van der Waals surface area (Å²) in [6.07, 6.45) is 0.928. The standard InChI is InChI=1S/C32H47N5O5S2/c1-23(2)21-37(22-28(38)27(19-24-11-7-6-8-12-24)35-31(39)42-32(3,4)5)44(40,41)25-13-14-26-29(20-25)43-30(34-26)33-15-18-36-16-9-10-17-36/h6-8,11-14,20,23,27-28,38H,9-10,15-19,21-22H2,1-5H3,(H,33,34)(H,35,39)/t27-,28+/m0/s1. The maximum Gasteiger partial charge on any atom is 0.407 e. The van der Waals surface area contributed by atoms with Crippen LogP contribution in [-0.4, -0.2) is 90.8 Å². The second-order valence-electron chi connectivity index (χ2n) is 12.8. The normalized spacial score (nSPS) is 16.0. The lowest BCUT2D eigenvalue weighted by atomic mass is 10.0. The number of anilines is 1. The van der Waals surface area contributed by atoms with E-state index in [2.05, 4.69) is 20.5 Å². The van der Waals surface area contributed by atoms with E-state index in [0.29, 0.717) is 6.42 Å². The molecule has 1 amide bonds.